The number of amides is 1. The Balaban J connectivity index is 1.87. The SMILES string of the molecule is CCOc1ccc2nc(N(CCN(C)C)C(=O)Cn3cncn3)sc2c1. The highest BCUT2D eigenvalue weighted by Gasteiger charge is 2.20. The Labute approximate surface area is 156 Å². The van der Waals surface area contributed by atoms with Gasteiger partial charge < -0.3 is 9.64 Å². The molecule has 0 saturated carbocycles. The molecule has 0 atom stereocenters. The van der Waals surface area contributed by atoms with E-state index in [0.29, 0.717) is 18.3 Å². The fourth-order valence-electron chi connectivity index (χ4n) is 2.43. The normalized spacial score (nSPS) is 11.2. The standard InChI is InChI=1S/C17H22N6O2S/c1-4-25-13-5-6-14-15(9-13)26-17(20-14)23(8-7-21(2)3)16(24)10-22-12-18-11-19-22/h5-6,9,11-12H,4,7-8,10H2,1-3H3. The summed E-state index contributed by atoms with van der Waals surface area (Å²) >= 11 is 1.49. The van der Waals surface area contributed by atoms with Gasteiger partial charge in [-0.2, -0.15) is 5.10 Å². The van der Waals surface area contributed by atoms with E-state index in [1.165, 1.54) is 28.7 Å². The fourth-order valence-corrected chi connectivity index (χ4v) is 3.47. The van der Waals surface area contributed by atoms with Gasteiger partial charge in [0, 0.05) is 13.1 Å². The quantitative estimate of drug-likeness (QED) is 0.599. The van der Waals surface area contributed by atoms with Crippen LogP contribution in [0.2, 0.25) is 0 Å². The van der Waals surface area contributed by atoms with Gasteiger partial charge in [0.1, 0.15) is 24.9 Å². The molecule has 138 valence electrons. The third-order valence-electron chi connectivity index (χ3n) is 3.73. The van der Waals surface area contributed by atoms with Crippen LogP contribution in [0.4, 0.5) is 5.13 Å². The first-order chi connectivity index (χ1) is 12.6. The first kappa shape index (κ1) is 18.3. The highest BCUT2D eigenvalue weighted by molar-refractivity contribution is 7.22. The van der Waals surface area contributed by atoms with Crippen LogP contribution in [0.1, 0.15) is 6.92 Å². The molecule has 2 aromatic heterocycles. The van der Waals surface area contributed by atoms with E-state index >= 15 is 0 Å². The lowest BCUT2D eigenvalue weighted by molar-refractivity contribution is -0.119. The van der Waals surface area contributed by atoms with Gasteiger partial charge in [-0.15, -0.1) is 0 Å². The van der Waals surface area contributed by atoms with Gasteiger partial charge >= 0.3 is 0 Å². The van der Waals surface area contributed by atoms with Crippen molar-refractivity contribution in [2.45, 2.75) is 13.5 Å². The summed E-state index contributed by atoms with van der Waals surface area (Å²) in [7, 11) is 3.96. The molecule has 26 heavy (non-hydrogen) atoms. The number of hydrogen-bond acceptors (Lipinski definition) is 7. The molecule has 0 unspecified atom stereocenters. The topological polar surface area (TPSA) is 76.4 Å². The number of likely N-dealkylation sites (N-methyl/N-ethyl adjacent to an activating group) is 1. The molecule has 8 nitrogen and oxygen atoms in total. The number of nitrogens with zero attached hydrogens (tertiary/aromatic N) is 6. The zero-order valence-electron chi connectivity index (χ0n) is 15.1. The summed E-state index contributed by atoms with van der Waals surface area (Å²) in [5.41, 5.74) is 0.858. The summed E-state index contributed by atoms with van der Waals surface area (Å²) < 4.78 is 8.07. The van der Waals surface area contributed by atoms with E-state index in [0.717, 1.165) is 22.5 Å². The Bertz CT molecular complexity index is 861. The molecule has 0 saturated heterocycles. The molecule has 2 heterocycles. The van der Waals surface area contributed by atoms with Gasteiger partial charge in [0.05, 0.1) is 16.8 Å². The summed E-state index contributed by atoms with van der Waals surface area (Å²) in [5.74, 6) is 0.741. The zero-order valence-corrected chi connectivity index (χ0v) is 15.9. The van der Waals surface area contributed by atoms with E-state index in [-0.39, 0.29) is 12.5 Å². The largest absolute Gasteiger partial charge is 0.494 e. The van der Waals surface area contributed by atoms with E-state index in [4.69, 9.17) is 4.74 Å². The fraction of sp³-hybridized carbons (Fsp3) is 0.412. The molecule has 0 N–H and O–H groups in total. The Morgan fingerprint density at radius 3 is 2.85 bits per heavy atom. The van der Waals surface area contributed by atoms with Crippen molar-refractivity contribution in [3.05, 3.63) is 30.9 Å². The number of ether oxygens (including phenoxy) is 1. The van der Waals surface area contributed by atoms with Crippen molar-refractivity contribution in [2.24, 2.45) is 0 Å². The number of carbonyl (C=O) groups is 1. The Morgan fingerprint density at radius 2 is 2.15 bits per heavy atom. The second-order valence-electron chi connectivity index (χ2n) is 6.00. The molecule has 3 aromatic rings. The highest BCUT2D eigenvalue weighted by Crippen LogP contribution is 2.31. The van der Waals surface area contributed by atoms with Crippen molar-refractivity contribution in [1.82, 2.24) is 24.6 Å². The van der Waals surface area contributed by atoms with Crippen molar-refractivity contribution in [2.75, 3.05) is 38.7 Å². The van der Waals surface area contributed by atoms with Crippen molar-refractivity contribution < 1.29 is 9.53 Å². The molecule has 0 spiro atoms. The van der Waals surface area contributed by atoms with E-state index in [2.05, 4.69) is 15.1 Å². The first-order valence-corrected chi connectivity index (χ1v) is 9.19. The number of fused-ring (bicyclic) bond motifs is 1. The maximum Gasteiger partial charge on any atom is 0.250 e. The number of carbonyl (C=O) groups excluding carboxylic acids is 1. The molecule has 0 radical (unpaired) electrons. The molecule has 1 amide bonds. The number of hydrogen-bond donors (Lipinski definition) is 0. The van der Waals surface area contributed by atoms with Crippen molar-refractivity contribution in [3.8, 4) is 5.75 Å². The second-order valence-corrected chi connectivity index (χ2v) is 7.01. The summed E-state index contributed by atoms with van der Waals surface area (Å²) in [4.78, 5) is 25.1. The predicted octanol–water partition coefficient (Wildman–Crippen LogP) is 1.88. The van der Waals surface area contributed by atoms with E-state index in [1.54, 1.807) is 4.90 Å². The van der Waals surface area contributed by atoms with Crippen LogP contribution in [0.5, 0.6) is 5.75 Å². The maximum atomic E-state index is 12.8. The lowest BCUT2D eigenvalue weighted by Gasteiger charge is -2.21. The van der Waals surface area contributed by atoms with E-state index in [1.807, 2.05) is 44.1 Å². The maximum absolute atomic E-state index is 12.8. The highest BCUT2D eigenvalue weighted by atomic mass is 32.1. The van der Waals surface area contributed by atoms with Gasteiger partial charge in [-0.05, 0) is 39.2 Å². The lowest BCUT2D eigenvalue weighted by atomic mass is 10.3. The number of anilines is 1. The van der Waals surface area contributed by atoms with Gasteiger partial charge in [-0.1, -0.05) is 11.3 Å². The van der Waals surface area contributed by atoms with Gasteiger partial charge in [-0.3, -0.25) is 9.69 Å². The predicted molar refractivity (Wildman–Crippen MR) is 102 cm³/mol. The third kappa shape index (κ3) is 4.36. The third-order valence-corrected chi connectivity index (χ3v) is 4.77. The molecule has 0 aliphatic carbocycles. The minimum atomic E-state index is -0.0681. The average Bonchev–Trinajstić information content (AvgIpc) is 3.24. The van der Waals surface area contributed by atoms with Crippen LogP contribution < -0.4 is 9.64 Å². The van der Waals surface area contributed by atoms with Crippen LogP contribution in [-0.4, -0.2) is 64.3 Å². The second kappa shape index (κ2) is 8.24. The van der Waals surface area contributed by atoms with Crippen molar-refractivity contribution in [1.29, 1.82) is 0 Å². The molecule has 0 aliphatic rings. The molecule has 0 fully saturated rings. The molecular formula is C17H22N6O2S. The molecule has 9 heteroatoms. The van der Waals surface area contributed by atoms with Crippen LogP contribution >= 0.6 is 11.3 Å². The molecule has 1 aromatic carbocycles. The molecule has 0 bridgehead atoms. The Hall–Kier alpha value is -2.52. The van der Waals surface area contributed by atoms with E-state index in [9.17, 15) is 4.79 Å². The summed E-state index contributed by atoms with van der Waals surface area (Å²) in [6.07, 6.45) is 2.96. The van der Waals surface area contributed by atoms with Crippen molar-refractivity contribution >= 4 is 32.6 Å². The number of thiazole rings is 1. The van der Waals surface area contributed by atoms with Gasteiger partial charge in [-0.25, -0.2) is 14.6 Å². The van der Waals surface area contributed by atoms with E-state index < -0.39 is 0 Å². The van der Waals surface area contributed by atoms with Crippen LogP contribution in [0.25, 0.3) is 10.2 Å². The Morgan fingerprint density at radius 1 is 1.31 bits per heavy atom. The van der Waals surface area contributed by atoms with Crippen LogP contribution in [0.3, 0.4) is 0 Å². The average molecular weight is 374 g/mol. The first-order valence-electron chi connectivity index (χ1n) is 8.37. The van der Waals surface area contributed by atoms with Gasteiger partial charge in [0.2, 0.25) is 0 Å². The monoisotopic (exact) mass is 374 g/mol. The zero-order chi connectivity index (χ0) is 18.5. The smallest absolute Gasteiger partial charge is 0.250 e. The summed E-state index contributed by atoms with van der Waals surface area (Å²) in [6.45, 7) is 3.99. The Kier molecular flexibility index (Phi) is 5.79. The number of rotatable bonds is 8. The minimum absolute atomic E-state index is 0.0681. The van der Waals surface area contributed by atoms with Crippen LogP contribution in [-0.2, 0) is 11.3 Å². The van der Waals surface area contributed by atoms with Crippen molar-refractivity contribution in [3.63, 3.8) is 0 Å². The molecule has 3 rings (SSSR count). The summed E-state index contributed by atoms with van der Waals surface area (Å²) in [6, 6.07) is 5.79. The molecular weight excluding hydrogens is 352 g/mol. The number of aromatic nitrogens is 4. The van der Waals surface area contributed by atoms with Gasteiger partial charge in [0.15, 0.2) is 5.13 Å². The lowest BCUT2D eigenvalue weighted by Crippen LogP contribution is -2.38. The molecule has 0 aliphatic heterocycles. The minimum Gasteiger partial charge on any atom is -0.494 e. The van der Waals surface area contributed by atoms with Crippen LogP contribution in [0, 0.1) is 0 Å². The summed E-state index contributed by atoms with van der Waals surface area (Å²) in [5, 5.41) is 4.70. The van der Waals surface area contributed by atoms with Crippen LogP contribution in [0.15, 0.2) is 30.9 Å². The van der Waals surface area contributed by atoms with Gasteiger partial charge in [0.25, 0.3) is 5.91 Å². The number of benzene rings is 1.